The summed E-state index contributed by atoms with van der Waals surface area (Å²) in [5.74, 6) is -0.0970. The zero-order chi connectivity index (χ0) is 11.2. The molecule has 3 nitrogen and oxygen atoms in total. The Kier molecular flexibility index (Phi) is 5.46. The van der Waals surface area contributed by atoms with Gasteiger partial charge in [-0.2, -0.15) is 0 Å². The Balaban J connectivity index is 4.12. The van der Waals surface area contributed by atoms with E-state index in [2.05, 4.69) is 32.9 Å². The van der Waals surface area contributed by atoms with Gasteiger partial charge in [0.05, 0.1) is 20.6 Å². The van der Waals surface area contributed by atoms with Gasteiger partial charge in [0.25, 0.3) is 0 Å². The summed E-state index contributed by atoms with van der Waals surface area (Å²) < 4.78 is 0.813. The van der Waals surface area contributed by atoms with Crippen molar-refractivity contribution in [1.29, 1.82) is 0 Å². The minimum atomic E-state index is -0.0970. The first-order valence-corrected chi connectivity index (χ1v) is 5.19. The molecular formula is C11H23N2O+. The maximum absolute atomic E-state index is 11.1. The average molecular weight is 199 g/mol. The van der Waals surface area contributed by atoms with E-state index < -0.39 is 0 Å². The molecule has 82 valence electrons. The summed E-state index contributed by atoms with van der Waals surface area (Å²) in [7, 11) is 4.26. The Hall–Kier alpha value is -0.830. The van der Waals surface area contributed by atoms with Gasteiger partial charge in [-0.25, -0.2) is 0 Å². The zero-order valence-electron chi connectivity index (χ0n) is 9.84. The van der Waals surface area contributed by atoms with E-state index in [1.165, 1.54) is 18.9 Å². The van der Waals surface area contributed by atoms with E-state index in [1.54, 1.807) is 0 Å². The molecule has 0 bridgehead atoms. The van der Waals surface area contributed by atoms with Crippen LogP contribution in [-0.4, -0.2) is 37.2 Å². The normalized spacial score (nSPS) is 13.4. The molecule has 1 atom stereocenters. The van der Waals surface area contributed by atoms with E-state index in [1.807, 2.05) is 6.92 Å². The summed E-state index contributed by atoms with van der Waals surface area (Å²) in [6, 6.07) is 0. The van der Waals surface area contributed by atoms with Crippen LogP contribution in [0, 0.1) is 0 Å². The van der Waals surface area contributed by atoms with Crippen molar-refractivity contribution in [2.24, 2.45) is 0 Å². The van der Waals surface area contributed by atoms with Gasteiger partial charge in [-0.15, -0.1) is 0 Å². The Labute approximate surface area is 87.4 Å². The number of nitrogens with zero attached hydrogens (tertiary/aromatic N) is 1. The fourth-order valence-corrected chi connectivity index (χ4v) is 1.20. The van der Waals surface area contributed by atoms with Crippen LogP contribution in [0.4, 0.5) is 0 Å². The lowest BCUT2D eigenvalue weighted by atomic mass is 10.2. The lowest BCUT2D eigenvalue weighted by molar-refractivity contribution is -0.915. The topological polar surface area (TPSA) is 29.1 Å². The quantitative estimate of drug-likeness (QED) is 0.392. The third-order valence-electron chi connectivity index (χ3n) is 2.67. The molecule has 0 aromatic rings. The van der Waals surface area contributed by atoms with Gasteiger partial charge in [-0.1, -0.05) is 19.9 Å². The molecule has 14 heavy (non-hydrogen) atoms. The minimum absolute atomic E-state index is 0.0970. The highest BCUT2D eigenvalue weighted by atomic mass is 16.1. The van der Waals surface area contributed by atoms with Crippen molar-refractivity contribution in [3.8, 4) is 0 Å². The first-order valence-electron chi connectivity index (χ1n) is 5.19. The Morgan fingerprint density at radius 2 is 2.14 bits per heavy atom. The van der Waals surface area contributed by atoms with Crippen LogP contribution in [0.2, 0.25) is 0 Å². The second-order valence-electron chi connectivity index (χ2n) is 4.24. The number of hydrogen-bond donors (Lipinski definition) is 1. The molecule has 0 fully saturated rings. The smallest absolute Gasteiger partial charge is 0.247 e. The molecule has 0 rings (SSSR count). The van der Waals surface area contributed by atoms with E-state index >= 15 is 0 Å². The van der Waals surface area contributed by atoms with E-state index in [0.717, 1.165) is 11.0 Å². The van der Waals surface area contributed by atoms with Crippen LogP contribution in [0.1, 0.15) is 26.7 Å². The summed E-state index contributed by atoms with van der Waals surface area (Å²) in [5.41, 5.74) is 0. The fraction of sp³-hybridized carbons (Fsp3) is 0.727. The molecule has 0 radical (unpaired) electrons. The first kappa shape index (κ1) is 13.2. The summed E-state index contributed by atoms with van der Waals surface area (Å²) in [6.07, 6.45) is 3.81. The van der Waals surface area contributed by atoms with Crippen LogP contribution in [0.25, 0.3) is 0 Å². The molecule has 0 spiro atoms. The Bertz CT molecular complexity index is 199. The van der Waals surface area contributed by atoms with Crippen LogP contribution < -0.4 is 5.32 Å². The number of hydrogen-bond acceptors (Lipinski definition) is 1. The van der Waals surface area contributed by atoms with Crippen molar-refractivity contribution in [2.75, 3.05) is 20.6 Å². The molecular weight excluding hydrogens is 176 g/mol. The number of quaternary nitrogens is 1. The highest BCUT2D eigenvalue weighted by Gasteiger charge is 2.23. The van der Waals surface area contributed by atoms with Crippen LogP contribution in [0.15, 0.2) is 12.7 Å². The number of carbonyl (C=O) groups is 1. The molecule has 0 aliphatic carbocycles. The Morgan fingerprint density at radius 1 is 1.57 bits per heavy atom. The van der Waals surface area contributed by atoms with E-state index in [0.29, 0.717) is 0 Å². The summed E-state index contributed by atoms with van der Waals surface area (Å²) in [4.78, 5) is 11.1. The van der Waals surface area contributed by atoms with E-state index in [9.17, 15) is 4.79 Å². The molecule has 0 aromatic heterocycles. The van der Waals surface area contributed by atoms with Gasteiger partial charge in [-0.05, 0) is 12.5 Å². The third kappa shape index (κ3) is 4.42. The number of unbranched alkanes of at least 4 members (excludes halogenated alkanes) is 1. The third-order valence-corrected chi connectivity index (χ3v) is 2.67. The number of carbonyl (C=O) groups excluding carboxylic acids is 1. The molecule has 0 aromatic carbocycles. The molecule has 0 saturated carbocycles. The second-order valence-corrected chi connectivity index (χ2v) is 4.24. The van der Waals surface area contributed by atoms with E-state index in [4.69, 9.17) is 0 Å². The molecule has 3 heteroatoms. The SMILES string of the molecule is C=CC(=O)NC(C)[N+](C)(C)CCCC. The van der Waals surface area contributed by atoms with Crippen molar-refractivity contribution in [3.05, 3.63) is 12.7 Å². The molecule has 1 unspecified atom stereocenters. The van der Waals surface area contributed by atoms with Gasteiger partial charge in [-0.3, -0.25) is 4.79 Å². The highest BCUT2D eigenvalue weighted by Crippen LogP contribution is 2.06. The van der Waals surface area contributed by atoms with Gasteiger partial charge in [0.15, 0.2) is 6.17 Å². The molecule has 1 amide bonds. The van der Waals surface area contributed by atoms with Crippen molar-refractivity contribution < 1.29 is 9.28 Å². The number of rotatable bonds is 6. The molecule has 0 aliphatic heterocycles. The van der Waals surface area contributed by atoms with Gasteiger partial charge in [0.2, 0.25) is 5.91 Å². The second kappa shape index (κ2) is 5.81. The summed E-state index contributed by atoms with van der Waals surface area (Å²) >= 11 is 0. The van der Waals surface area contributed by atoms with Crippen molar-refractivity contribution >= 4 is 5.91 Å². The number of amides is 1. The fourth-order valence-electron chi connectivity index (χ4n) is 1.20. The average Bonchev–Trinajstić information content (AvgIpc) is 2.14. The van der Waals surface area contributed by atoms with Crippen molar-refractivity contribution in [3.63, 3.8) is 0 Å². The maximum Gasteiger partial charge on any atom is 0.247 e. The van der Waals surface area contributed by atoms with Crippen LogP contribution in [0.3, 0.4) is 0 Å². The monoisotopic (exact) mass is 199 g/mol. The van der Waals surface area contributed by atoms with Crippen LogP contribution >= 0.6 is 0 Å². The highest BCUT2D eigenvalue weighted by molar-refractivity contribution is 5.86. The standard InChI is InChI=1S/C11H22N2O/c1-6-8-9-13(4,5)10(3)12-11(14)7-2/h7,10H,2,6,8-9H2,1,3-5H3/p+1. The summed E-state index contributed by atoms with van der Waals surface area (Å²) in [6.45, 7) is 8.72. The molecule has 0 heterocycles. The largest absolute Gasteiger partial charge is 0.309 e. The van der Waals surface area contributed by atoms with Crippen molar-refractivity contribution in [1.82, 2.24) is 5.32 Å². The predicted octanol–water partition coefficient (Wildman–Crippen LogP) is 1.51. The predicted molar refractivity (Wildman–Crippen MR) is 59.7 cm³/mol. The summed E-state index contributed by atoms with van der Waals surface area (Å²) in [5, 5.41) is 2.89. The van der Waals surface area contributed by atoms with Crippen LogP contribution in [-0.2, 0) is 4.79 Å². The molecule has 0 aliphatic rings. The van der Waals surface area contributed by atoms with Gasteiger partial charge in [0.1, 0.15) is 0 Å². The number of nitrogens with one attached hydrogen (secondary N) is 1. The molecule has 0 saturated heterocycles. The van der Waals surface area contributed by atoms with Gasteiger partial charge in [0, 0.05) is 6.92 Å². The lowest BCUT2D eigenvalue weighted by Gasteiger charge is -2.36. The first-order chi connectivity index (χ1) is 6.44. The van der Waals surface area contributed by atoms with Crippen LogP contribution in [0.5, 0.6) is 0 Å². The van der Waals surface area contributed by atoms with Crippen molar-refractivity contribution in [2.45, 2.75) is 32.9 Å². The minimum Gasteiger partial charge on any atom is -0.309 e. The Morgan fingerprint density at radius 3 is 2.57 bits per heavy atom. The van der Waals surface area contributed by atoms with Gasteiger partial charge < -0.3 is 9.80 Å². The lowest BCUT2D eigenvalue weighted by Crippen LogP contribution is -2.56. The maximum atomic E-state index is 11.1. The van der Waals surface area contributed by atoms with Gasteiger partial charge >= 0.3 is 0 Å². The molecule has 1 N–H and O–H groups in total. The van der Waals surface area contributed by atoms with E-state index in [-0.39, 0.29) is 12.1 Å². The zero-order valence-corrected chi connectivity index (χ0v) is 9.84.